The maximum atomic E-state index is 12.6. The van der Waals surface area contributed by atoms with Crippen LogP contribution in [-0.4, -0.2) is 42.6 Å². The van der Waals surface area contributed by atoms with Crippen LogP contribution in [0.3, 0.4) is 0 Å². The molecule has 0 unspecified atom stereocenters. The van der Waals surface area contributed by atoms with Gasteiger partial charge >= 0.3 is 0 Å². The Kier molecular flexibility index (Phi) is 8.04. The lowest BCUT2D eigenvalue weighted by Gasteiger charge is -2.23. The first-order valence-corrected chi connectivity index (χ1v) is 9.59. The van der Waals surface area contributed by atoms with Crippen molar-refractivity contribution in [3.05, 3.63) is 47.4 Å². The summed E-state index contributed by atoms with van der Waals surface area (Å²) in [7, 11) is 1.65. The first kappa shape index (κ1) is 20.7. The van der Waals surface area contributed by atoms with E-state index in [2.05, 4.69) is 34.0 Å². The molecule has 6 heteroatoms. The molecular formula is C21H30N4O2. The Morgan fingerprint density at radius 3 is 2.56 bits per heavy atom. The molecule has 146 valence electrons. The summed E-state index contributed by atoms with van der Waals surface area (Å²) in [6.07, 6.45) is 2.80. The maximum Gasteiger partial charge on any atom is 0.270 e. The number of benzene rings is 1. The lowest BCUT2D eigenvalue weighted by molar-refractivity contribution is 0.0948. The minimum atomic E-state index is -0.169. The summed E-state index contributed by atoms with van der Waals surface area (Å²) in [6, 6.07) is 9.65. The summed E-state index contributed by atoms with van der Waals surface area (Å²) in [5.74, 6) is 2.09. The molecule has 0 aliphatic carbocycles. The largest absolute Gasteiger partial charge is 0.497 e. The van der Waals surface area contributed by atoms with Crippen LogP contribution in [0.15, 0.2) is 30.3 Å². The summed E-state index contributed by atoms with van der Waals surface area (Å²) < 4.78 is 5.23. The van der Waals surface area contributed by atoms with E-state index >= 15 is 0 Å². The lowest BCUT2D eigenvalue weighted by atomic mass is 10.1. The van der Waals surface area contributed by atoms with Crippen molar-refractivity contribution in [3.8, 4) is 5.75 Å². The molecule has 0 radical (unpaired) electrons. The third-order valence-corrected chi connectivity index (χ3v) is 4.20. The summed E-state index contributed by atoms with van der Waals surface area (Å²) in [5.41, 5.74) is 1.53. The molecule has 0 fully saturated rings. The Balaban J connectivity index is 2.02. The van der Waals surface area contributed by atoms with Crippen LogP contribution in [0.2, 0.25) is 0 Å². The Morgan fingerprint density at radius 2 is 1.89 bits per heavy atom. The van der Waals surface area contributed by atoms with Gasteiger partial charge in [0.15, 0.2) is 0 Å². The molecule has 0 spiro atoms. The van der Waals surface area contributed by atoms with Crippen LogP contribution < -0.4 is 15.0 Å². The average molecular weight is 370 g/mol. The summed E-state index contributed by atoms with van der Waals surface area (Å²) in [6.45, 7) is 8.48. The molecule has 0 atom stereocenters. The number of anilines is 1. The number of aryl methyl sites for hydroxylation is 1. The quantitative estimate of drug-likeness (QED) is 0.694. The third kappa shape index (κ3) is 6.24. The van der Waals surface area contributed by atoms with Gasteiger partial charge in [-0.05, 0) is 43.9 Å². The Labute approximate surface area is 162 Å². The molecule has 1 N–H and O–H groups in total. The van der Waals surface area contributed by atoms with E-state index in [-0.39, 0.29) is 5.91 Å². The van der Waals surface area contributed by atoms with Gasteiger partial charge in [-0.3, -0.25) is 4.79 Å². The third-order valence-electron chi connectivity index (χ3n) is 4.20. The second kappa shape index (κ2) is 10.5. The highest BCUT2D eigenvalue weighted by Crippen LogP contribution is 2.15. The topological polar surface area (TPSA) is 67.4 Å². The van der Waals surface area contributed by atoms with Crippen LogP contribution in [0.25, 0.3) is 0 Å². The van der Waals surface area contributed by atoms with Crippen molar-refractivity contribution in [1.29, 1.82) is 0 Å². The number of aromatic nitrogens is 2. The van der Waals surface area contributed by atoms with Crippen LogP contribution >= 0.6 is 0 Å². The zero-order valence-corrected chi connectivity index (χ0v) is 16.8. The van der Waals surface area contributed by atoms with Gasteiger partial charge < -0.3 is 15.0 Å². The lowest BCUT2D eigenvalue weighted by Crippen LogP contribution is -2.29. The van der Waals surface area contributed by atoms with E-state index in [1.54, 1.807) is 13.2 Å². The number of ether oxygens (including phenoxy) is 1. The van der Waals surface area contributed by atoms with Crippen molar-refractivity contribution in [2.75, 3.05) is 31.6 Å². The molecule has 2 rings (SSSR count). The fourth-order valence-electron chi connectivity index (χ4n) is 2.95. The predicted octanol–water partition coefficient (Wildman–Crippen LogP) is 3.39. The van der Waals surface area contributed by atoms with E-state index in [4.69, 9.17) is 4.74 Å². The van der Waals surface area contributed by atoms with Crippen molar-refractivity contribution < 1.29 is 9.53 Å². The van der Waals surface area contributed by atoms with Gasteiger partial charge in [-0.2, -0.15) is 0 Å². The zero-order valence-electron chi connectivity index (χ0n) is 16.8. The number of carbonyl (C=O) groups excluding carboxylic acids is 1. The molecule has 0 bridgehead atoms. The van der Waals surface area contributed by atoms with E-state index in [0.29, 0.717) is 18.1 Å². The number of amides is 1. The Hall–Kier alpha value is -2.63. The van der Waals surface area contributed by atoms with Gasteiger partial charge in [-0.15, -0.1) is 0 Å². The van der Waals surface area contributed by atoms with E-state index in [1.165, 1.54) is 0 Å². The molecular weight excluding hydrogens is 340 g/mol. The second-order valence-corrected chi connectivity index (χ2v) is 6.50. The molecule has 1 heterocycles. The number of hydrogen-bond donors (Lipinski definition) is 1. The Bertz CT molecular complexity index is 743. The van der Waals surface area contributed by atoms with Gasteiger partial charge in [0.25, 0.3) is 5.91 Å². The van der Waals surface area contributed by atoms with E-state index in [9.17, 15) is 4.79 Å². The van der Waals surface area contributed by atoms with Crippen LogP contribution in [0, 0.1) is 6.92 Å². The number of hydrogen-bond acceptors (Lipinski definition) is 5. The summed E-state index contributed by atoms with van der Waals surface area (Å²) in [5, 5.41) is 2.95. The highest BCUT2D eigenvalue weighted by Gasteiger charge is 2.14. The number of methoxy groups -OCH3 is 1. The highest BCUT2D eigenvalue weighted by atomic mass is 16.5. The van der Waals surface area contributed by atoms with E-state index < -0.39 is 0 Å². The first-order valence-electron chi connectivity index (χ1n) is 9.59. The van der Waals surface area contributed by atoms with Gasteiger partial charge in [0.1, 0.15) is 23.1 Å². The zero-order chi connectivity index (χ0) is 19.6. The molecule has 0 aliphatic heterocycles. The van der Waals surface area contributed by atoms with Gasteiger partial charge in [-0.25, -0.2) is 9.97 Å². The van der Waals surface area contributed by atoms with Gasteiger partial charge in [0, 0.05) is 25.7 Å². The van der Waals surface area contributed by atoms with Crippen molar-refractivity contribution in [3.63, 3.8) is 0 Å². The smallest absolute Gasteiger partial charge is 0.270 e. The Morgan fingerprint density at radius 1 is 1.15 bits per heavy atom. The average Bonchev–Trinajstić information content (AvgIpc) is 2.67. The van der Waals surface area contributed by atoms with Gasteiger partial charge in [-0.1, -0.05) is 26.0 Å². The second-order valence-electron chi connectivity index (χ2n) is 6.50. The summed E-state index contributed by atoms with van der Waals surface area (Å²) >= 11 is 0. The number of nitrogens with zero attached hydrogens (tertiary/aromatic N) is 3. The number of carbonyl (C=O) groups is 1. The first-order chi connectivity index (χ1) is 13.1. The standard InChI is InChI=1S/C21H30N4O2/c1-5-12-25(13-6-2)20-15-19(23-16(3)24-20)21(26)22-11-10-17-8-7-9-18(14-17)27-4/h7-9,14-15H,5-6,10-13H2,1-4H3,(H,22,26). The molecule has 6 nitrogen and oxygen atoms in total. The van der Waals surface area contributed by atoms with E-state index in [0.717, 1.165) is 49.5 Å². The molecule has 0 saturated heterocycles. The van der Waals surface area contributed by atoms with Crippen LogP contribution in [0.5, 0.6) is 5.75 Å². The monoisotopic (exact) mass is 370 g/mol. The predicted molar refractivity (Wildman–Crippen MR) is 109 cm³/mol. The number of rotatable bonds is 10. The normalized spacial score (nSPS) is 10.5. The molecule has 2 aromatic rings. The molecule has 1 amide bonds. The molecule has 1 aromatic carbocycles. The van der Waals surface area contributed by atoms with Crippen LogP contribution in [0.1, 0.15) is 48.6 Å². The molecule has 0 aliphatic rings. The van der Waals surface area contributed by atoms with Gasteiger partial charge in [0.2, 0.25) is 0 Å². The minimum absolute atomic E-state index is 0.169. The van der Waals surface area contributed by atoms with Crippen LogP contribution in [0.4, 0.5) is 5.82 Å². The van der Waals surface area contributed by atoms with Crippen molar-refractivity contribution in [1.82, 2.24) is 15.3 Å². The maximum absolute atomic E-state index is 12.6. The fourth-order valence-corrected chi connectivity index (χ4v) is 2.95. The fraction of sp³-hybridized carbons (Fsp3) is 0.476. The SMILES string of the molecule is CCCN(CCC)c1cc(C(=O)NCCc2cccc(OC)c2)nc(C)n1. The van der Waals surface area contributed by atoms with Crippen LogP contribution in [-0.2, 0) is 6.42 Å². The number of nitrogens with one attached hydrogen (secondary N) is 1. The van der Waals surface area contributed by atoms with Crippen molar-refractivity contribution in [2.24, 2.45) is 0 Å². The summed E-state index contributed by atoms with van der Waals surface area (Å²) in [4.78, 5) is 23.6. The molecule has 1 aromatic heterocycles. The minimum Gasteiger partial charge on any atom is -0.497 e. The molecule has 0 saturated carbocycles. The highest BCUT2D eigenvalue weighted by molar-refractivity contribution is 5.92. The molecule has 27 heavy (non-hydrogen) atoms. The van der Waals surface area contributed by atoms with Crippen molar-refractivity contribution >= 4 is 11.7 Å². The van der Waals surface area contributed by atoms with E-state index in [1.807, 2.05) is 31.2 Å². The van der Waals surface area contributed by atoms with Crippen molar-refractivity contribution in [2.45, 2.75) is 40.0 Å². The van der Waals surface area contributed by atoms with Gasteiger partial charge in [0.05, 0.1) is 7.11 Å².